The van der Waals surface area contributed by atoms with Gasteiger partial charge in [-0.2, -0.15) is 0 Å². The molecule has 1 aliphatic rings. The average Bonchev–Trinajstić information content (AvgIpc) is 2.73. The smallest absolute Gasteiger partial charge is 0.262 e. The average molecular weight is 363 g/mol. The second-order valence-corrected chi connectivity index (χ2v) is 6.35. The lowest BCUT2D eigenvalue weighted by Crippen LogP contribution is -2.36. The number of rotatable bonds is 5. The maximum Gasteiger partial charge on any atom is 0.262 e. The number of hydrogen-bond acceptors (Lipinski definition) is 5. The van der Waals surface area contributed by atoms with Crippen molar-refractivity contribution in [2.75, 3.05) is 43.1 Å². The molecule has 1 saturated heterocycles. The van der Waals surface area contributed by atoms with Gasteiger partial charge in [0.2, 0.25) is 0 Å². The molecule has 6 heteroatoms. The maximum absolute atomic E-state index is 12.1. The zero-order valence-electron chi connectivity index (χ0n) is 14.9. The van der Waals surface area contributed by atoms with E-state index in [0.717, 1.165) is 29.7 Å². The number of aromatic nitrogens is 1. The van der Waals surface area contributed by atoms with Gasteiger partial charge in [-0.05, 0) is 35.0 Å². The molecule has 4 rings (SSSR count). The van der Waals surface area contributed by atoms with Crippen LogP contribution in [0.1, 0.15) is 0 Å². The molecule has 138 valence electrons. The molecule has 1 aromatic heterocycles. The predicted molar refractivity (Wildman–Crippen MR) is 105 cm³/mol. The highest BCUT2D eigenvalue weighted by Gasteiger charge is 2.12. The Morgan fingerprint density at radius 3 is 2.67 bits per heavy atom. The minimum atomic E-state index is -0.218. The number of carbonyl (C=O) groups excluding carboxylic acids is 1. The lowest BCUT2D eigenvalue weighted by atomic mass is 10.1. The van der Waals surface area contributed by atoms with Gasteiger partial charge in [0.15, 0.2) is 6.61 Å². The van der Waals surface area contributed by atoms with Gasteiger partial charge in [-0.25, -0.2) is 4.98 Å². The van der Waals surface area contributed by atoms with E-state index in [1.54, 1.807) is 6.20 Å². The van der Waals surface area contributed by atoms with Gasteiger partial charge in [-0.3, -0.25) is 4.79 Å². The highest BCUT2D eigenvalue weighted by molar-refractivity contribution is 5.92. The van der Waals surface area contributed by atoms with Gasteiger partial charge in [0.05, 0.1) is 25.1 Å². The summed E-state index contributed by atoms with van der Waals surface area (Å²) >= 11 is 0. The standard InChI is InChI=1S/C21H21N3O3/c25-21(15-27-19-7-5-16-3-1-2-4-17(16)13-19)23-18-6-8-20(22-14-18)24-9-11-26-12-10-24/h1-8,13-14H,9-12,15H2,(H,23,25). The molecule has 3 aromatic rings. The van der Waals surface area contributed by atoms with E-state index in [9.17, 15) is 4.79 Å². The molecule has 6 nitrogen and oxygen atoms in total. The Kier molecular flexibility index (Phi) is 5.16. The Hall–Kier alpha value is -3.12. The minimum Gasteiger partial charge on any atom is -0.484 e. The maximum atomic E-state index is 12.1. The SMILES string of the molecule is O=C(COc1ccc2ccccc2c1)Nc1ccc(N2CCOCC2)nc1. The Morgan fingerprint density at radius 1 is 1.07 bits per heavy atom. The summed E-state index contributed by atoms with van der Waals surface area (Å²) < 4.78 is 11.0. The number of morpholine rings is 1. The largest absolute Gasteiger partial charge is 0.484 e. The van der Waals surface area contributed by atoms with Gasteiger partial charge >= 0.3 is 0 Å². The van der Waals surface area contributed by atoms with E-state index in [1.807, 2.05) is 54.6 Å². The number of ether oxygens (including phenoxy) is 2. The Balaban J connectivity index is 1.31. The van der Waals surface area contributed by atoms with E-state index in [4.69, 9.17) is 9.47 Å². The van der Waals surface area contributed by atoms with Gasteiger partial charge in [0.1, 0.15) is 11.6 Å². The molecule has 2 aromatic carbocycles. The Labute approximate surface area is 157 Å². The fourth-order valence-corrected chi connectivity index (χ4v) is 3.04. The summed E-state index contributed by atoms with van der Waals surface area (Å²) in [6, 6.07) is 17.6. The first-order valence-electron chi connectivity index (χ1n) is 8.98. The van der Waals surface area contributed by atoms with Crippen molar-refractivity contribution in [1.82, 2.24) is 4.98 Å². The summed E-state index contributed by atoms with van der Waals surface area (Å²) in [4.78, 5) is 18.7. The van der Waals surface area contributed by atoms with Gasteiger partial charge in [-0.15, -0.1) is 0 Å². The number of nitrogens with one attached hydrogen (secondary N) is 1. The zero-order chi connectivity index (χ0) is 18.5. The number of amides is 1. The Morgan fingerprint density at radius 2 is 1.89 bits per heavy atom. The number of anilines is 2. The number of pyridine rings is 1. The summed E-state index contributed by atoms with van der Waals surface area (Å²) in [6.07, 6.45) is 1.67. The second-order valence-electron chi connectivity index (χ2n) is 6.35. The number of carbonyl (C=O) groups is 1. The van der Waals surface area contributed by atoms with Crippen molar-refractivity contribution in [1.29, 1.82) is 0 Å². The first-order chi connectivity index (χ1) is 13.3. The van der Waals surface area contributed by atoms with Crippen molar-refractivity contribution in [2.45, 2.75) is 0 Å². The highest BCUT2D eigenvalue weighted by atomic mass is 16.5. The van der Waals surface area contributed by atoms with Crippen molar-refractivity contribution in [3.63, 3.8) is 0 Å². The zero-order valence-corrected chi connectivity index (χ0v) is 14.9. The quantitative estimate of drug-likeness (QED) is 0.755. The molecule has 27 heavy (non-hydrogen) atoms. The molecule has 0 saturated carbocycles. The monoisotopic (exact) mass is 363 g/mol. The summed E-state index contributed by atoms with van der Waals surface area (Å²) in [6.45, 7) is 3.04. The summed E-state index contributed by atoms with van der Waals surface area (Å²) in [5.41, 5.74) is 0.652. The third-order valence-corrected chi connectivity index (χ3v) is 4.46. The number of hydrogen-bond donors (Lipinski definition) is 1. The van der Waals surface area contributed by atoms with Crippen molar-refractivity contribution in [3.05, 3.63) is 60.8 Å². The van der Waals surface area contributed by atoms with Crippen LogP contribution in [0.3, 0.4) is 0 Å². The van der Waals surface area contributed by atoms with Crippen molar-refractivity contribution < 1.29 is 14.3 Å². The van der Waals surface area contributed by atoms with E-state index < -0.39 is 0 Å². The lowest BCUT2D eigenvalue weighted by molar-refractivity contribution is -0.118. The third kappa shape index (κ3) is 4.35. The fraction of sp³-hybridized carbons (Fsp3) is 0.238. The van der Waals surface area contributed by atoms with Crippen LogP contribution in [0.5, 0.6) is 5.75 Å². The van der Waals surface area contributed by atoms with Crippen LogP contribution >= 0.6 is 0 Å². The van der Waals surface area contributed by atoms with E-state index in [-0.39, 0.29) is 12.5 Å². The lowest BCUT2D eigenvalue weighted by Gasteiger charge is -2.27. The highest BCUT2D eigenvalue weighted by Crippen LogP contribution is 2.20. The normalized spacial score (nSPS) is 14.1. The van der Waals surface area contributed by atoms with Crippen molar-refractivity contribution in [3.8, 4) is 5.75 Å². The first kappa shape index (κ1) is 17.3. The topological polar surface area (TPSA) is 63.7 Å². The van der Waals surface area contributed by atoms with Gasteiger partial charge < -0.3 is 19.7 Å². The van der Waals surface area contributed by atoms with Crippen LogP contribution in [-0.2, 0) is 9.53 Å². The second kappa shape index (κ2) is 8.05. The van der Waals surface area contributed by atoms with E-state index in [2.05, 4.69) is 15.2 Å². The number of fused-ring (bicyclic) bond motifs is 1. The predicted octanol–water partition coefficient (Wildman–Crippen LogP) is 3.09. The first-order valence-corrected chi connectivity index (χ1v) is 8.98. The van der Waals surface area contributed by atoms with Crippen LogP contribution < -0.4 is 15.0 Å². The van der Waals surface area contributed by atoms with Crippen LogP contribution in [-0.4, -0.2) is 43.8 Å². The molecule has 0 aliphatic carbocycles. The molecule has 1 N–H and O–H groups in total. The summed E-state index contributed by atoms with van der Waals surface area (Å²) in [5.74, 6) is 1.34. The Bertz CT molecular complexity index is 921. The molecular formula is C21H21N3O3. The molecule has 0 radical (unpaired) electrons. The van der Waals surface area contributed by atoms with Crippen LogP contribution in [0, 0.1) is 0 Å². The molecule has 1 aliphatic heterocycles. The molecule has 1 amide bonds. The minimum absolute atomic E-state index is 0.0520. The third-order valence-electron chi connectivity index (χ3n) is 4.46. The van der Waals surface area contributed by atoms with Crippen LogP contribution in [0.15, 0.2) is 60.8 Å². The van der Waals surface area contributed by atoms with Crippen LogP contribution in [0.25, 0.3) is 10.8 Å². The van der Waals surface area contributed by atoms with E-state index in [1.165, 1.54) is 0 Å². The molecule has 0 spiro atoms. The number of nitrogens with zero attached hydrogens (tertiary/aromatic N) is 2. The van der Waals surface area contributed by atoms with Gasteiger partial charge in [0.25, 0.3) is 5.91 Å². The molecule has 0 unspecified atom stereocenters. The van der Waals surface area contributed by atoms with Crippen LogP contribution in [0.2, 0.25) is 0 Å². The summed E-state index contributed by atoms with van der Waals surface area (Å²) in [5, 5.41) is 5.03. The summed E-state index contributed by atoms with van der Waals surface area (Å²) in [7, 11) is 0. The number of benzene rings is 2. The van der Waals surface area contributed by atoms with Gasteiger partial charge in [-0.1, -0.05) is 30.3 Å². The van der Waals surface area contributed by atoms with E-state index in [0.29, 0.717) is 24.7 Å². The van der Waals surface area contributed by atoms with Crippen molar-refractivity contribution in [2.24, 2.45) is 0 Å². The molecule has 0 atom stereocenters. The van der Waals surface area contributed by atoms with Crippen molar-refractivity contribution >= 4 is 28.2 Å². The van der Waals surface area contributed by atoms with E-state index >= 15 is 0 Å². The van der Waals surface area contributed by atoms with Gasteiger partial charge in [0, 0.05) is 13.1 Å². The fourth-order valence-electron chi connectivity index (χ4n) is 3.04. The van der Waals surface area contributed by atoms with Crippen LogP contribution in [0.4, 0.5) is 11.5 Å². The molecular weight excluding hydrogens is 342 g/mol. The molecule has 0 bridgehead atoms. The molecule has 2 heterocycles. The molecule has 1 fully saturated rings.